The Labute approximate surface area is 180 Å². The topological polar surface area (TPSA) is 124 Å². The first-order valence-corrected chi connectivity index (χ1v) is 10.2. The minimum atomic E-state index is -0.790. The molecule has 31 heavy (non-hydrogen) atoms. The van der Waals surface area contributed by atoms with Gasteiger partial charge in [-0.05, 0) is 36.3 Å². The molecule has 0 spiro atoms. The monoisotopic (exact) mass is 431 g/mol. The van der Waals surface area contributed by atoms with Gasteiger partial charge in [0.1, 0.15) is 10.5 Å². The molecule has 1 aliphatic rings. The van der Waals surface area contributed by atoms with E-state index in [1.165, 1.54) is 4.57 Å². The SMILES string of the molecule is CCOC(=O)C1=C(N)n2c(s/c(=C\c3cccnc3)c2=O)=C(C#N)C1c1cccnc1. The van der Waals surface area contributed by atoms with E-state index < -0.39 is 17.4 Å². The summed E-state index contributed by atoms with van der Waals surface area (Å²) in [4.78, 5) is 34.2. The summed E-state index contributed by atoms with van der Waals surface area (Å²) in [5.41, 5.74) is 7.56. The summed E-state index contributed by atoms with van der Waals surface area (Å²) in [6, 6.07) is 9.21. The van der Waals surface area contributed by atoms with Crippen LogP contribution in [0.4, 0.5) is 0 Å². The van der Waals surface area contributed by atoms with Crippen LogP contribution in [0.5, 0.6) is 0 Å². The highest BCUT2D eigenvalue weighted by Crippen LogP contribution is 2.36. The minimum absolute atomic E-state index is 0.0478. The van der Waals surface area contributed by atoms with Crippen LogP contribution in [0, 0.1) is 11.3 Å². The highest BCUT2D eigenvalue weighted by molar-refractivity contribution is 7.07. The van der Waals surface area contributed by atoms with Crippen molar-refractivity contribution in [2.75, 3.05) is 6.61 Å². The predicted molar refractivity (Wildman–Crippen MR) is 116 cm³/mol. The van der Waals surface area contributed by atoms with Gasteiger partial charge in [0.2, 0.25) is 0 Å². The molecule has 1 atom stereocenters. The molecule has 3 aromatic heterocycles. The van der Waals surface area contributed by atoms with E-state index >= 15 is 0 Å². The highest BCUT2D eigenvalue weighted by atomic mass is 32.1. The van der Waals surface area contributed by atoms with E-state index in [9.17, 15) is 14.9 Å². The van der Waals surface area contributed by atoms with Crippen molar-refractivity contribution < 1.29 is 9.53 Å². The molecule has 0 fully saturated rings. The zero-order chi connectivity index (χ0) is 22.0. The maximum Gasteiger partial charge on any atom is 0.338 e. The molecule has 3 aromatic rings. The second-order valence-corrected chi connectivity index (χ2v) is 7.64. The molecule has 2 N–H and O–H groups in total. The number of hydrogen-bond acceptors (Lipinski definition) is 8. The first-order chi connectivity index (χ1) is 15.1. The van der Waals surface area contributed by atoms with E-state index in [0.717, 1.165) is 16.9 Å². The normalized spacial score (nSPS) is 16.1. The number of pyridine rings is 2. The van der Waals surface area contributed by atoms with Crippen LogP contribution < -0.4 is 20.5 Å². The predicted octanol–water partition coefficient (Wildman–Crippen LogP) is 0.691. The Morgan fingerprint density at radius 2 is 2.06 bits per heavy atom. The van der Waals surface area contributed by atoms with Crippen molar-refractivity contribution in [2.45, 2.75) is 12.8 Å². The van der Waals surface area contributed by atoms with Gasteiger partial charge in [0.15, 0.2) is 0 Å². The Morgan fingerprint density at radius 3 is 2.68 bits per heavy atom. The first kappa shape index (κ1) is 20.3. The van der Waals surface area contributed by atoms with Gasteiger partial charge in [0, 0.05) is 24.8 Å². The molecule has 4 rings (SSSR count). The summed E-state index contributed by atoms with van der Waals surface area (Å²) in [6.07, 6.45) is 8.10. The van der Waals surface area contributed by atoms with Gasteiger partial charge in [-0.25, -0.2) is 4.79 Å². The van der Waals surface area contributed by atoms with E-state index in [4.69, 9.17) is 10.5 Å². The molecule has 0 bridgehead atoms. The van der Waals surface area contributed by atoms with Gasteiger partial charge in [0.25, 0.3) is 5.56 Å². The average molecular weight is 431 g/mol. The van der Waals surface area contributed by atoms with E-state index in [1.807, 2.05) is 6.07 Å². The molecule has 8 nitrogen and oxygen atoms in total. The molecule has 0 aliphatic carbocycles. The Hall–Kier alpha value is -4.03. The maximum absolute atomic E-state index is 13.2. The molecule has 1 aliphatic heterocycles. The maximum atomic E-state index is 13.2. The molecule has 0 aromatic carbocycles. The lowest BCUT2D eigenvalue weighted by atomic mass is 9.84. The Kier molecular flexibility index (Phi) is 5.47. The van der Waals surface area contributed by atoms with E-state index in [2.05, 4.69) is 16.0 Å². The zero-order valence-corrected chi connectivity index (χ0v) is 17.3. The third-order valence-electron chi connectivity index (χ3n) is 4.76. The van der Waals surface area contributed by atoms with Gasteiger partial charge < -0.3 is 10.5 Å². The van der Waals surface area contributed by atoms with Crippen LogP contribution in [-0.2, 0) is 9.53 Å². The average Bonchev–Trinajstić information content (AvgIpc) is 3.11. The molecule has 0 amide bonds. The Bertz CT molecular complexity index is 1400. The van der Waals surface area contributed by atoms with Crippen molar-refractivity contribution >= 4 is 34.8 Å². The van der Waals surface area contributed by atoms with Gasteiger partial charge in [-0.15, -0.1) is 11.3 Å². The van der Waals surface area contributed by atoms with Crippen LogP contribution in [0.25, 0.3) is 17.5 Å². The van der Waals surface area contributed by atoms with Crippen molar-refractivity contribution in [2.24, 2.45) is 5.73 Å². The lowest BCUT2D eigenvalue weighted by molar-refractivity contribution is -0.138. The summed E-state index contributed by atoms with van der Waals surface area (Å²) >= 11 is 1.14. The van der Waals surface area contributed by atoms with Crippen LogP contribution in [0.3, 0.4) is 0 Å². The second-order valence-electron chi connectivity index (χ2n) is 6.61. The van der Waals surface area contributed by atoms with Crippen molar-refractivity contribution in [1.29, 1.82) is 5.26 Å². The molecule has 0 saturated carbocycles. The molecule has 0 saturated heterocycles. The van der Waals surface area contributed by atoms with Crippen molar-refractivity contribution in [3.05, 3.63) is 85.3 Å². The fourth-order valence-corrected chi connectivity index (χ4v) is 4.58. The van der Waals surface area contributed by atoms with E-state index in [-0.39, 0.29) is 23.6 Å². The fourth-order valence-electron chi connectivity index (χ4n) is 3.45. The van der Waals surface area contributed by atoms with Crippen molar-refractivity contribution in [3.8, 4) is 6.07 Å². The summed E-state index contributed by atoms with van der Waals surface area (Å²) in [5.74, 6) is -1.52. The summed E-state index contributed by atoms with van der Waals surface area (Å²) in [7, 11) is 0. The van der Waals surface area contributed by atoms with Crippen LogP contribution in [0.2, 0.25) is 0 Å². The number of nitriles is 1. The van der Waals surface area contributed by atoms with E-state index in [1.54, 1.807) is 56.0 Å². The molecular weight excluding hydrogens is 414 g/mol. The standard InChI is InChI=1S/C22H17N5O3S/c1-2-30-22(29)18-17(14-6-4-8-26-12-14)15(10-23)21-27(19(18)24)20(28)16(31-21)9-13-5-3-7-25-11-13/h3-9,11-12,17H,2,24H2,1H3/b16-9-. The largest absolute Gasteiger partial charge is 0.463 e. The highest BCUT2D eigenvalue weighted by Gasteiger charge is 2.36. The number of rotatable bonds is 4. The lowest BCUT2D eigenvalue weighted by Gasteiger charge is -2.24. The fraction of sp³-hybridized carbons (Fsp3) is 0.136. The molecule has 154 valence electrons. The number of carbonyl (C=O) groups is 1. The van der Waals surface area contributed by atoms with E-state index in [0.29, 0.717) is 14.8 Å². The van der Waals surface area contributed by atoms with Crippen molar-refractivity contribution in [1.82, 2.24) is 14.5 Å². The van der Waals surface area contributed by atoms with Gasteiger partial charge in [-0.1, -0.05) is 12.1 Å². The Morgan fingerprint density at radius 1 is 1.32 bits per heavy atom. The first-order valence-electron chi connectivity index (χ1n) is 9.41. The summed E-state index contributed by atoms with van der Waals surface area (Å²) in [5, 5.41) is 10.0. The van der Waals surface area contributed by atoms with Crippen LogP contribution in [-0.4, -0.2) is 27.1 Å². The number of nitrogens with zero attached hydrogens (tertiary/aromatic N) is 4. The summed E-state index contributed by atoms with van der Waals surface area (Å²) in [6.45, 7) is 1.80. The Balaban J connectivity index is 2.07. The lowest BCUT2D eigenvalue weighted by Crippen LogP contribution is -2.40. The van der Waals surface area contributed by atoms with Crippen LogP contribution in [0.1, 0.15) is 24.0 Å². The third kappa shape index (κ3) is 3.53. The number of thiazole rings is 1. The van der Waals surface area contributed by atoms with Gasteiger partial charge in [0.05, 0.1) is 34.3 Å². The smallest absolute Gasteiger partial charge is 0.338 e. The number of aromatic nitrogens is 3. The van der Waals surface area contributed by atoms with Gasteiger partial charge >= 0.3 is 5.97 Å². The number of nitrogens with two attached hydrogens (primary N) is 1. The van der Waals surface area contributed by atoms with Gasteiger partial charge in [-0.3, -0.25) is 19.3 Å². The van der Waals surface area contributed by atoms with Gasteiger partial charge in [-0.2, -0.15) is 5.26 Å². The zero-order valence-electron chi connectivity index (χ0n) is 16.5. The molecule has 1 unspecified atom stereocenters. The molecule has 9 heteroatoms. The second kappa shape index (κ2) is 8.38. The summed E-state index contributed by atoms with van der Waals surface area (Å²) < 4.78 is 7.16. The number of ether oxygens (including phenoxy) is 1. The number of esters is 1. The quantitative estimate of drug-likeness (QED) is 0.603. The van der Waals surface area contributed by atoms with Crippen molar-refractivity contribution in [3.63, 3.8) is 0 Å². The molecular formula is C22H17N5O3S. The number of hydrogen-bond donors (Lipinski definition) is 1. The third-order valence-corrected chi connectivity index (χ3v) is 5.87. The van der Waals surface area contributed by atoms with Crippen LogP contribution >= 0.6 is 11.3 Å². The van der Waals surface area contributed by atoms with Crippen LogP contribution in [0.15, 0.2) is 59.4 Å². The minimum Gasteiger partial charge on any atom is -0.463 e. The number of fused-ring (bicyclic) bond motifs is 1. The molecule has 0 radical (unpaired) electrons. The number of carbonyl (C=O) groups excluding carboxylic acids is 1. The molecule has 4 heterocycles.